The molecule has 1 unspecified atom stereocenters. The molecule has 1 saturated carbocycles. The summed E-state index contributed by atoms with van der Waals surface area (Å²) in [5.74, 6) is 0.747. The van der Waals surface area contributed by atoms with Crippen LogP contribution in [-0.4, -0.2) is 55.7 Å². The van der Waals surface area contributed by atoms with E-state index in [2.05, 4.69) is 20.5 Å². The van der Waals surface area contributed by atoms with Gasteiger partial charge in [-0.05, 0) is 44.7 Å². The first-order valence-corrected chi connectivity index (χ1v) is 10.8. The molecule has 0 amide bonds. The molecule has 7 heteroatoms. The average Bonchev–Trinajstić information content (AvgIpc) is 2.74. The SMILES string of the molecule is CN=C(NCC(C)Oc1ccccc1F)NC1CCN(C2CCCCC2)CC1.I. The number of rotatable bonds is 6. The molecule has 3 rings (SSSR count). The molecular weight excluding hydrogens is 482 g/mol. The van der Waals surface area contributed by atoms with E-state index in [-0.39, 0.29) is 41.6 Å². The molecule has 1 saturated heterocycles. The molecule has 1 aromatic rings. The Balaban J connectivity index is 0.00000300. The predicted molar refractivity (Wildman–Crippen MR) is 128 cm³/mol. The highest BCUT2D eigenvalue weighted by Gasteiger charge is 2.26. The second kappa shape index (κ2) is 12.6. The van der Waals surface area contributed by atoms with Gasteiger partial charge >= 0.3 is 0 Å². The van der Waals surface area contributed by atoms with Crippen LogP contribution in [0.1, 0.15) is 51.9 Å². The fourth-order valence-electron chi connectivity index (χ4n) is 4.28. The zero-order chi connectivity index (χ0) is 19.8. The predicted octanol–water partition coefficient (Wildman–Crippen LogP) is 4.17. The molecule has 2 fully saturated rings. The molecule has 5 nitrogen and oxygen atoms in total. The summed E-state index contributed by atoms with van der Waals surface area (Å²) in [5.41, 5.74) is 0. The summed E-state index contributed by atoms with van der Waals surface area (Å²) in [6, 6.07) is 7.77. The first-order chi connectivity index (χ1) is 13.7. The van der Waals surface area contributed by atoms with Crippen LogP contribution in [0.5, 0.6) is 5.75 Å². The highest BCUT2D eigenvalue weighted by atomic mass is 127. The summed E-state index contributed by atoms with van der Waals surface area (Å²) in [6.45, 7) is 4.84. The van der Waals surface area contributed by atoms with Gasteiger partial charge in [0.05, 0.1) is 6.54 Å². The minimum absolute atomic E-state index is 0. The first-order valence-electron chi connectivity index (χ1n) is 10.8. The first kappa shape index (κ1) is 24.2. The van der Waals surface area contributed by atoms with Gasteiger partial charge in [0.25, 0.3) is 0 Å². The quantitative estimate of drug-likeness (QED) is 0.337. The van der Waals surface area contributed by atoms with Crippen molar-refractivity contribution in [3.63, 3.8) is 0 Å². The van der Waals surface area contributed by atoms with Crippen molar-refractivity contribution in [2.75, 3.05) is 26.7 Å². The molecule has 1 aliphatic heterocycles. The molecule has 0 bridgehead atoms. The lowest BCUT2D eigenvalue weighted by Gasteiger charge is -2.39. The minimum Gasteiger partial charge on any atom is -0.486 e. The van der Waals surface area contributed by atoms with E-state index in [0.717, 1.165) is 24.8 Å². The van der Waals surface area contributed by atoms with Crippen LogP contribution in [0, 0.1) is 5.82 Å². The number of piperidine rings is 1. The van der Waals surface area contributed by atoms with Crippen molar-refractivity contribution < 1.29 is 9.13 Å². The number of nitrogens with zero attached hydrogens (tertiary/aromatic N) is 2. The van der Waals surface area contributed by atoms with Gasteiger partial charge in [-0.2, -0.15) is 0 Å². The van der Waals surface area contributed by atoms with Gasteiger partial charge < -0.3 is 20.3 Å². The molecule has 0 radical (unpaired) electrons. The van der Waals surface area contributed by atoms with Gasteiger partial charge in [-0.15, -0.1) is 24.0 Å². The van der Waals surface area contributed by atoms with Crippen LogP contribution in [-0.2, 0) is 0 Å². The lowest BCUT2D eigenvalue weighted by atomic mass is 9.92. The molecular formula is C22H36FIN4O. The van der Waals surface area contributed by atoms with Gasteiger partial charge in [-0.25, -0.2) is 4.39 Å². The summed E-state index contributed by atoms with van der Waals surface area (Å²) in [5, 5.41) is 6.85. The van der Waals surface area contributed by atoms with Gasteiger partial charge in [-0.1, -0.05) is 31.4 Å². The van der Waals surface area contributed by atoms with E-state index in [1.54, 1.807) is 25.2 Å². The van der Waals surface area contributed by atoms with Crippen LogP contribution in [0.25, 0.3) is 0 Å². The van der Waals surface area contributed by atoms with E-state index in [4.69, 9.17) is 4.74 Å². The van der Waals surface area contributed by atoms with Crippen molar-refractivity contribution >= 4 is 29.9 Å². The molecule has 2 aliphatic rings. The van der Waals surface area contributed by atoms with Crippen molar-refractivity contribution in [2.45, 2.75) is 70.1 Å². The molecule has 1 aliphatic carbocycles. The number of hydrogen-bond donors (Lipinski definition) is 2. The molecule has 2 N–H and O–H groups in total. The van der Waals surface area contributed by atoms with Crippen molar-refractivity contribution in [1.82, 2.24) is 15.5 Å². The maximum atomic E-state index is 13.7. The third kappa shape index (κ3) is 7.59. The van der Waals surface area contributed by atoms with Crippen molar-refractivity contribution in [3.05, 3.63) is 30.1 Å². The van der Waals surface area contributed by atoms with E-state index < -0.39 is 0 Å². The van der Waals surface area contributed by atoms with Crippen LogP contribution in [0.15, 0.2) is 29.3 Å². The zero-order valence-corrected chi connectivity index (χ0v) is 20.0. The Bertz CT molecular complexity index is 631. The van der Waals surface area contributed by atoms with Crippen LogP contribution < -0.4 is 15.4 Å². The standard InChI is InChI=1S/C22H35FN4O.HI/c1-17(28-21-11-7-6-10-20(21)23)16-25-22(24-2)26-18-12-14-27(15-13-18)19-8-4-3-5-9-19;/h6-7,10-11,17-19H,3-5,8-9,12-16H2,1-2H3,(H2,24,25,26);1H. The second-order valence-electron chi connectivity index (χ2n) is 8.06. The number of halogens is 2. The Labute approximate surface area is 191 Å². The molecule has 0 spiro atoms. The van der Waals surface area contributed by atoms with Crippen LogP contribution in [0.3, 0.4) is 0 Å². The number of likely N-dealkylation sites (tertiary alicyclic amines) is 1. The lowest BCUT2D eigenvalue weighted by Crippen LogP contribution is -2.51. The van der Waals surface area contributed by atoms with Crippen molar-refractivity contribution in [2.24, 2.45) is 4.99 Å². The Hall–Kier alpha value is -1.09. The molecule has 1 atom stereocenters. The van der Waals surface area contributed by atoms with Gasteiger partial charge in [0, 0.05) is 32.2 Å². The fourth-order valence-corrected chi connectivity index (χ4v) is 4.28. The lowest BCUT2D eigenvalue weighted by molar-refractivity contribution is 0.119. The maximum Gasteiger partial charge on any atom is 0.191 e. The number of ether oxygens (including phenoxy) is 1. The summed E-state index contributed by atoms with van der Waals surface area (Å²) in [4.78, 5) is 7.03. The summed E-state index contributed by atoms with van der Waals surface area (Å²) >= 11 is 0. The van der Waals surface area contributed by atoms with Crippen molar-refractivity contribution in [1.29, 1.82) is 0 Å². The van der Waals surface area contributed by atoms with Gasteiger partial charge in [0.1, 0.15) is 6.10 Å². The number of para-hydroxylation sites is 1. The number of benzene rings is 1. The fraction of sp³-hybridized carbons (Fsp3) is 0.682. The third-order valence-corrected chi connectivity index (χ3v) is 5.91. The number of hydrogen-bond acceptors (Lipinski definition) is 3. The number of aliphatic imine (C=N–C) groups is 1. The van der Waals surface area contributed by atoms with Gasteiger partial charge in [0.2, 0.25) is 0 Å². The van der Waals surface area contributed by atoms with Gasteiger partial charge in [0.15, 0.2) is 17.5 Å². The normalized spacial score (nSPS) is 20.6. The van der Waals surface area contributed by atoms with Crippen LogP contribution in [0.4, 0.5) is 4.39 Å². The Morgan fingerprint density at radius 1 is 1.17 bits per heavy atom. The Kier molecular flexibility index (Phi) is 10.5. The zero-order valence-electron chi connectivity index (χ0n) is 17.7. The summed E-state index contributed by atoms with van der Waals surface area (Å²) in [7, 11) is 1.79. The second-order valence-corrected chi connectivity index (χ2v) is 8.06. The third-order valence-electron chi connectivity index (χ3n) is 5.91. The molecule has 0 aromatic heterocycles. The molecule has 1 heterocycles. The Morgan fingerprint density at radius 2 is 1.86 bits per heavy atom. The van der Waals surface area contributed by atoms with Crippen LogP contribution >= 0.6 is 24.0 Å². The summed E-state index contributed by atoms with van der Waals surface area (Å²) < 4.78 is 19.4. The highest BCUT2D eigenvalue weighted by molar-refractivity contribution is 14.0. The average molecular weight is 518 g/mol. The molecule has 164 valence electrons. The van der Waals surface area contributed by atoms with E-state index >= 15 is 0 Å². The highest BCUT2D eigenvalue weighted by Crippen LogP contribution is 2.25. The van der Waals surface area contributed by atoms with Gasteiger partial charge in [-0.3, -0.25) is 4.99 Å². The minimum atomic E-state index is -0.332. The monoisotopic (exact) mass is 518 g/mol. The van der Waals surface area contributed by atoms with E-state index in [9.17, 15) is 4.39 Å². The van der Waals surface area contributed by atoms with Crippen molar-refractivity contribution in [3.8, 4) is 5.75 Å². The summed E-state index contributed by atoms with van der Waals surface area (Å²) in [6.07, 6.45) is 9.09. The number of guanidine groups is 1. The number of nitrogens with one attached hydrogen (secondary N) is 2. The van der Waals surface area contributed by atoms with Crippen LogP contribution in [0.2, 0.25) is 0 Å². The van der Waals surface area contributed by atoms with E-state index in [1.165, 1.54) is 51.3 Å². The van der Waals surface area contributed by atoms with E-state index in [1.807, 2.05) is 6.92 Å². The molecule has 29 heavy (non-hydrogen) atoms. The van der Waals surface area contributed by atoms with E-state index in [0.29, 0.717) is 12.6 Å². The topological polar surface area (TPSA) is 48.9 Å². The Morgan fingerprint density at radius 3 is 2.52 bits per heavy atom. The smallest absolute Gasteiger partial charge is 0.191 e. The largest absolute Gasteiger partial charge is 0.486 e. The maximum absolute atomic E-state index is 13.7. The molecule has 1 aromatic carbocycles.